The number of benzene rings is 7. The Labute approximate surface area is 301 Å². The van der Waals surface area contributed by atoms with Crippen molar-refractivity contribution < 1.29 is 0 Å². The van der Waals surface area contributed by atoms with Crippen molar-refractivity contribution >= 4 is 49.0 Å². The zero-order chi connectivity index (χ0) is 34.9. The van der Waals surface area contributed by atoms with Crippen molar-refractivity contribution in [2.45, 2.75) is 6.42 Å². The zero-order valence-corrected chi connectivity index (χ0v) is 28.0. The molecule has 0 fully saturated rings. The number of hydrogen-bond acceptors (Lipinski definition) is 3. The average molecular weight is 658 g/mol. The third kappa shape index (κ3) is 4.29. The molecule has 3 aliphatic rings. The average Bonchev–Trinajstić information content (AvgIpc) is 3.53. The van der Waals surface area contributed by atoms with Crippen LogP contribution in [0, 0.1) is 39.9 Å². The van der Waals surface area contributed by atoms with Crippen LogP contribution in [0.15, 0.2) is 151 Å². The zero-order valence-electron chi connectivity index (χ0n) is 28.0. The SMILES string of the molecule is N#Cc1ccc(-c2cc3c4cc5c(cc4c(-c4ccc(C#N)cc4)cc3c3ccccc23)C2=CC=C(c3ccccc3C#N)C3CC=CC5=C23)cc1. The van der Waals surface area contributed by atoms with E-state index in [9.17, 15) is 15.8 Å². The lowest BCUT2D eigenvalue weighted by Crippen LogP contribution is -2.13. The Kier molecular flexibility index (Phi) is 6.50. The van der Waals surface area contributed by atoms with Crippen LogP contribution in [-0.2, 0) is 0 Å². The molecule has 52 heavy (non-hydrogen) atoms. The van der Waals surface area contributed by atoms with Gasteiger partial charge in [-0.25, -0.2) is 0 Å². The highest BCUT2D eigenvalue weighted by Crippen LogP contribution is 2.55. The van der Waals surface area contributed by atoms with Crippen LogP contribution in [0.5, 0.6) is 0 Å². The second-order valence-corrected chi connectivity index (χ2v) is 13.7. The van der Waals surface area contributed by atoms with Gasteiger partial charge in [-0.2, -0.15) is 15.8 Å². The summed E-state index contributed by atoms with van der Waals surface area (Å²) >= 11 is 0. The maximum absolute atomic E-state index is 9.98. The summed E-state index contributed by atoms with van der Waals surface area (Å²) < 4.78 is 0. The highest BCUT2D eigenvalue weighted by atomic mass is 14.4. The molecule has 1 unspecified atom stereocenters. The molecule has 0 aliphatic heterocycles. The van der Waals surface area contributed by atoms with Gasteiger partial charge in [0.1, 0.15) is 0 Å². The van der Waals surface area contributed by atoms with Gasteiger partial charge in [0.15, 0.2) is 0 Å². The Bertz CT molecular complexity index is 2980. The molecule has 0 spiro atoms. The Morgan fingerprint density at radius 1 is 0.481 bits per heavy atom. The summed E-state index contributed by atoms with van der Waals surface area (Å²) in [4.78, 5) is 0. The minimum atomic E-state index is 0.159. The Morgan fingerprint density at radius 3 is 1.75 bits per heavy atom. The van der Waals surface area contributed by atoms with E-state index >= 15 is 0 Å². The van der Waals surface area contributed by atoms with Crippen LogP contribution in [0.4, 0.5) is 0 Å². The van der Waals surface area contributed by atoms with E-state index in [1.807, 2.05) is 54.6 Å². The van der Waals surface area contributed by atoms with Gasteiger partial charge in [0.2, 0.25) is 0 Å². The summed E-state index contributed by atoms with van der Waals surface area (Å²) in [5.74, 6) is 0.159. The molecule has 238 valence electrons. The highest BCUT2D eigenvalue weighted by molar-refractivity contribution is 6.25. The summed E-state index contributed by atoms with van der Waals surface area (Å²) in [6.45, 7) is 0. The molecule has 0 bridgehead atoms. The van der Waals surface area contributed by atoms with Crippen LogP contribution >= 0.6 is 0 Å². The van der Waals surface area contributed by atoms with Crippen LogP contribution < -0.4 is 0 Å². The minimum absolute atomic E-state index is 0.159. The van der Waals surface area contributed by atoms with Crippen molar-refractivity contribution in [2.24, 2.45) is 5.92 Å². The molecular weight excluding hydrogens is 631 g/mol. The highest BCUT2D eigenvalue weighted by Gasteiger charge is 2.36. The van der Waals surface area contributed by atoms with Gasteiger partial charge in [-0.1, -0.05) is 91.0 Å². The molecule has 10 rings (SSSR count). The normalized spacial score (nSPS) is 15.4. The van der Waals surface area contributed by atoms with E-state index in [1.54, 1.807) is 0 Å². The molecule has 3 aliphatic carbocycles. The van der Waals surface area contributed by atoms with Crippen molar-refractivity contribution in [1.82, 2.24) is 0 Å². The van der Waals surface area contributed by atoms with E-state index < -0.39 is 0 Å². The molecule has 3 heteroatoms. The summed E-state index contributed by atoms with van der Waals surface area (Å²) in [6.07, 6.45) is 9.95. The van der Waals surface area contributed by atoms with Gasteiger partial charge in [-0.15, -0.1) is 0 Å². The first-order valence-electron chi connectivity index (χ1n) is 17.5. The number of fused-ring (bicyclic) bond motifs is 8. The van der Waals surface area contributed by atoms with Gasteiger partial charge in [0.05, 0.1) is 34.9 Å². The van der Waals surface area contributed by atoms with E-state index in [0.717, 1.165) is 50.4 Å². The van der Waals surface area contributed by atoms with Crippen LogP contribution in [0.2, 0.25) is 0 Å². The molecule has 0 heterocycles. The third-order valence-electron chi connectivity index (χ3n) is 11.1. The van der Waals surface area contributed by atoms with Crippen LogP contribution in [0.3, 0.4) is 0 Å². The Balaban J connectivity index is 1.28. The summed E-state index contributed by atoms with van der Waals surface area (Å²) in [6, 6.07) is 48.7. The molecule has 7 aromatic rings. The lowest BCUT2D eigenvalue weighted by molar-refractivity contribution is 0.814. The second-order valence-electron chi connectivity index (χ2n) is 13.7. The molecule has 0 aromatic heterocycles. The van der Waals surface area contributed by atoms with Crippen molar-refractivity contribution in [3.05, 3.63) is 185 Å². The summed E-state index contributed by atoms with van der Waals surface area (Å²) in [7, 11) is 0. The van der Waals surface area contributed by atoms with Gasteiger partial charge in [0.25, 0.3) is 0 Å². The van der Waals surface area contributed by atoms with Crippen LogP contribution in [-0.4, -0.2) is 0 Å². The Hall–Kier alpha value is -7.25. The van der Waals surface area contributed by atoms with Crippen molar-refractivity contribution in [3.8, 4) is 40.5 Å². The fourth-order valence-electron chi connectivity index (χ4n) is 8.71. The second kappa shape index (κ2) is 11.4. The van der Waals surface area contributed by atoms with E-state index in [-0.39, 0.29) is 5.92 Å². The number of nitriles is 3. The molecule has 7 aromatic carbocycles. The summed E-state index contributed by atoms with van der Waals surface area (Å²) in [5.41, 5.74) is 14.8. The number of rotatable bonds is 3. The smallest absolute Gasteiger partial charge is 0.0998 e. The maximum atomic E-state index is 9.98. The number of allylic oxidation sites excluding steroid dienone is 8. The lowest BCUT2D eigenvalue weighted by atomic mass is 9.74. The van der Waals surface area contributed by atoms with Crippen molar-refractivity contribution in [2.75, 3.05) is 0 Å². The third-order valence-corrected chi connectivity index (χ3v) is 11.1. The molecule has 0 radical (unpaired) electrons. The Morgan fingerprint density at radius 2 is 1.06 bits per heavy atom. The van der Waals surface area contributed by atoms with E-state index in [0.29, 0.717) is 16.7 Å². The fraction of sp³-hybridized carbons (Fsp3) is 0.0408. The van der Waals surface area contributed by atoms with Crippen LogP contribution in [0.1, 0.15) is 39.8 Å². The van der Waals surface area contributed by atoms with Gasteiger partial charge >= 0.3 is 0 Å². The van der Waals surface area contributed by atoms with Gasteiger partial charge in [-0.05, 0) is 155 Å². The van der Waals surface area contributed by atoms with E-state index in [1.165, 1.54) is 49.6 Å². The first kappa shape index (κ1) is 29.6. The lowest BCUT2D eigenvalue weighted by Gasteiger charge is -2.29. The predicted molar refractivity (Wildman–Crippen MR) is 211 cm³/mol. The number of nitrogens with zero attached hydrogens (tertiary/aromatic N) is 3. The van der Waals surface area contributed by atoms with Crippen LogP contribution in [0.25, 0.3) is 71.3 Å². The summed E-state index contributed by atoms with van der Waals surface area (Å²) in [5, 5.41) is 36.0. The minimum Gasteiger partial charge on any atom is -0.192 e. The first-order valence-corrected chi connectivity index (χ1v) is 17.5. The monoisotopic (exact) mass is 657 g/mol. The van der Waals surface area contributed by atoms with Crippen molar-refractivity contribution in [3.63, 3.8) is 0 Å². The topological polar surface area (TPSA) is 71.4 Å². The molecule has 3 nitrogen and oxygen atoms in total. The molecule has 0 saturated heterocycles. The van der Waals surface area contributed by atoms with Gasteiger partial charge in [0, 0.05) is 5.92 Å². The number of hydrogen-bond donors (Lipinski definition) is 0. The molecule has 0 amide bonds. The molecule has 1 atom stereocenters. The largest absolute Gasteiger partial charge is 0.192 e. The van der Waals surface area contributed by atoms with Crippen molar-refractivity contribution in [1.29, 1.82) is 15.8 Å². The standard InChI is InChI=1S/C49H27N3/c50-26-29-12-16-31(17-13-29)41-22-47-43(36-9-4-3-8-35(36)41)23-42(32-18-14-30(27-51)15-19-32)46-24-45-40-21-20-37(34-7-2-1-6-33(34)28-52)38-10-5-11-39(49(38)40)44(45)25-48(46)47/h1-9,11-25,38H,10H2. The maximum Gasteiger partial charge on any atom is 0.0998 e. The van der Waals surface area contributed by atoms with Gasteiger partial charge < -0.3 is 0 Å². The first-order chi connectivity index (χ1) is 25.6. The fourth-order valence-corrected chi connectivity index (χ4v) is 8.71. The molecular formula is C49H27N3. The quantitative estimate of drug-likeness (QED) is 0.178. The van der Waals surface area contributed by atoms with E-state index in [2.05, 4.69) is 109 Å². The molecule has 0 saturated carbocycles. The van der Waals surface area contributed by atoms with Gasteiger partial charge in [-0.3, -0.25) is 0 Å². The predicted octanol–water partition coefficient (Wildman–Crippen LogP) is 11.9. The molecule has 0 N–H and O–H groups in total. The van der Waals surface area contributed by atoms with E-state index in [4.69, 9.17) is 0 Å².